The normalized spacial score (nSPS) is 45.4. The van der Waals surface area contributed by atoms with Crippen LogP contribution in [0.2, 0.25) is 0 Å². The fourth-order valence-electron chi connectivity index (χ4n) is 3.21. The van der Waals surface area contributed by atoms with Crippen molar-refractivity contribution in [3.63, 3.8) is 0 Å². The molecule has 2 saturated heterocycles. The first-order chi connectivity index (χ1) is 8.33. The third kappa shape index (κ3) is 1.82. The van der Waals surface area contributed by atoms with Crippen LogP contribution in [0.4, 0.5) is 0 Å². The standard InChI is InChI=1S/C13H22O4/c1-2-7-15-13(10-14-8-9-16-13)12-6-4-3-5-11(12)17-12/h11H,2-10H2,1H3. The molecule has 3 atom stereocenters. The van der Waals surface area contributed by atoms with Crippen molar-refractivity contribution in [1.82, 2.24) is 0 Å². The second kappa shape index (κ2) is 4.50. The van der Waals surface area contributed by atoms with Gasteiger partial charge in [0.2, 0.25) is 5.79 Å². The average molecular weight is 242 g/mol. The Morgan fingerprint density at radius 3 is 2.94 bits per heavy atom. The van der Waals surface area contributed by atoms with E-state index in [-0.39, 0.29) is 5.60 Å². The highest BCUT2D eigenvalue weighted by atomic mass is 16.8. The molecule has 17 heavy (non-hydrogen) atoms. The molecule has 0 aromatic heterocycles. The second-order valence-corrected chi connectivity index (χ2v) is 5.24. The van der Waals surface area contributed by atoms with Gasteiger partial charge >= 0.3 is 0 Å². The summed E-state index contributed by atoms with van der Waals surface area (Å²) in [5.41, 5.74) is -0.207. The van der Waals surface area contributed by atoms with E-state index in [0.717, 1.165) is 19.3 Å². The molecule has 3 rings (SSSR count). The second-order valence-electron chi connectivity index (χ2n) is 5.24. The summed E-state index contributed by atoms with van der Waals surface area (Å²) in [6.45, 7) is 4.62. The molecule has 0 aromatic rings. The predicted octanol–water partition coefficient (Wildman–Crippen LogP) is 1.87. The minimum Gasteiger partial charge on any atom is -0.373 e. The topological polar surface area (TPSA) is 40.2 Å². The van der Waals surface area contributed by atoms with E-state index in [4.69, 9.17) is 18.9 Å². The Morgan fingerprint density at radius 2 is 2.24 bits per heavy atom. The molecule has 2 heterocycles. The molecule has 3 aliphatic rings. The van der Waals surface area contributed by atoms with Gasteiger partial charge < -0.3 is 18.9 Å². The van der Waals surface area contributed by atoms with Gasteiger partial charge in [-0.1, -0.05) is 19.8 Å². The molecular formula is C13H22O4. The molecule has 3 unspecified atom stereocenters. The zero-order valence-electron chi connectivity index (χ0n) is 10.6. The molecule has 98 valence electrons. The third-order valence-electron chi connectivity index (χ3n) is 4.12. The molecule has 0 spiro atoms. The lowest BCUT2D eigenvalue weighted by Crippen LogP contribution is -2.58. The molecule has 0 bridgehead atoms. The van der Waals surface area contributed by atoms with E-state index < -0.39 is 5.79 Å². The highest BCUT2D eigenvalue weighted by molar-refractivity contribution is 5.15. The van der Waals surface area contributed by atoms with Crippen LogP contribution in [0.5, 0.6) is 0 Å². The minimum atomic E-state index is -0.633. The summed E-state index contributed by atoms with van der Waals surface area (Å²) < 4.78 is 23.6. The van der Waals surface area contributed by atoms with Crippen molar-refractivity contribution >= 4 is 0 Å². The number of ether oxygens (including phenoxy) is 4. The van der Waals surface area contributed by atoms with Crippen molar-refractivity contribution in [3.05, 3.63) is 0 Å². The lowest BCUT2D eigenvalue weighted by Gasteiger charge is -2.42. The summed E-state index contributed by atoms with van der Waals surface area (Å²) in [7, 11) is 0. The highest BCUT2D eigenvalue weighted by Crippen LogP contribution is 2.56. The summed E-state index contributed by atoms with van der Waals surface area (Å²) in [4.78, 5) is 0. The monoisotopic (exact) mass is 242 g/mol. The van der Waals surface area contributed by atoms with Crippen molar-refractivity contribution in [1.29, 1.82) is 0 Å². The predicted molar refractivity (Wildman–Crippen MR) is 61.8 cm³/mol. The van der Waals surface area contributed by atoms with Crippen LogP contribution in [0.15, 0.2) is 0 Å². The molecule has 1 aliphatic carbocycles. The fraction of sp³-hybridized carbons (Fsp3) is 1.00. The van der Waals surface area contributed by atoms with E-state index >= 15 is 0 Å². The summed E-state index contributed by atoms with van der Waals surface area (Å²) >= 11 is 0. The van der Waals surface area contributed by atoms with Crippen LogP contribution in [-0.4, -0.2) is 43.9 Å². The van der Waals surface area contributed by atoms with Crippen LogP contribution in [0.1, 0.15) is 39.0 Å². The third-order valence-corrected chi connectivity index (χ3v) is 4.12. The van der Waals surface area contributed by atoms with Gasteiger partial charge in [-0.25, -0.2) is 0 Å². The van der Waals surface area contributed by atoms with Crippen molar-refractivity contribution < 1.29 is 18.9 Å². The SMILES string of the molecule is CCCOC1(C23CCCCC2O3)COCCO1. The zero-order valence-corrected chi connectivity index (χ0v) is 10.6. The van der Waals surface area contributed by atoms with Crippen LogP contribution in [0, 0.1) is 0 Å². The van der Waals surface area contributed by atoms with Crippen molar-refractivity contribution in [2.24, 2.45) is 0 Å². The molecule has 1 saturated carbocycles. The molecule has 0 N–H and O–H groups in total. The maximum absolute atomic E-state index is 6.03. The van der Waals surface area contributed by atoms with Crippen LogP contribution < -0.4 is 0 Å². The quantitative estimate of drug-likeness (QED) is 0.706. The van der Waals surface area contributed by atoms with E-state index in [1.807, 2.05) is 0 Å². The first-order valence-corrected chi connectivity index (χ1v) is 6.86. The van der Waals surface area contributed by atoms with Crippen molar-refractivity contribution in [3.8, 4) is 0 Å². The van der Waals surface area contributed by atoms with Crippen LogP contribution >= 0.6 is 0 Å². The maximum Gasteiger partial charge on any atom is 0.224 e. The number of epoxide rings is 1. The highest BCUT2D eigenvalue weighted by Gasteiger charge is 2.71. The lowest BCUT2D eigenvalue weighted by atomic mass is 9.82. The largest absolute Gasteiger partial charge is 0.373 e. The van der Waals surface area contributed by atoms with E-state index in [9.17, 15) is 0 Å². The average Bonchev–Trinajstić information content (AvgIpc) is 3.14. The molecule has 0 radical (unpaired) electrons. The van der Waals surface area contributed by atoms with Crippen LogP contribution in [-0.2, 0) is 18.9 Å². The molecule has 0 aromatic carbocycles. The molecule has 4 heteroatoms. The van der Waals surface area contributed by atoms with E-state index in [1.54, 1.807) is 0 Å². The van der Waals surface area contributed by atoms with Crippen LogP contribution in [0.25, 0.3) is 0 Å². The van der Waals surface area contributed by atoms with Gasteiger partial charge in [-0.15, -0.1) is 0 Å². The number of rotatable bonds is 4. The molecular weight excluding hydrogens is 220 g/mol. The van der Waals surface area contributed by atoms with Gasteiger partial charge in [0.15, 0.2) is 5.60 Å². The summed E-state index contributed by atoms with van der Waals surface area (Å²) in [5.74, 6) is -0.633. The Bertz CT molecular complexity index is 275. The van der Waals surface area contributed by atoms with Crippen molar-refractivity contribution in [2.75, 3.05) is 26.4 Å². The maximum atomic E-state index is 6.03. The Kier molecular flexibility index (Phi) is 3.15. The molecule has 3 fully saturated rings. The van der Waals surface area contributed by atoms with Gasteiger partial charge in [-0.2, -0.15) is 0 Å². The Morgan fingerprint density at radius 1 is 1.29 bits per heavy atom. The molecule has 2 aliphatic heterocycles. The Labute approximate surface area is 103 Å². The van der Waals surface area contributed by atoms with Gasteiger partial charge in [-0.05, 0) is 19.3 Å². The van der Waals surface area contributed by atoms with E-state index in [2.05, 4.69) is 6.92 Å². The Balaban J connectivity index is 1.78. The van der Waals surface area contributed by atoms with Crippen molar-refractivity contribution in [2.45, 2.75) is 56.5 Å². The first kappa shape index (κ1) is 11.9. The summed E-state index contributed by atoms with van der Waals surface area (Å²) in [5, 5.41) is 0. The van der Waals surface area contributed by atoms with Gasteiger partial charge in [-0.3, -0.25) is 0 Å². The zero-order chi connectivity index (χ0) is 11.8. The smallest absolute Gasteiger partial charge is 0.224 e. The fourth-order valence-corrected chi connectivity index (χ4v) is 3.21. The van der Waals surface area contributed by atoms with Gasteiger partial charge in [0, 0.05) is 6.61 Å². The van der Waals surface area contributed by atoms with Gasteiger partial charge in [0.25, 0.3) is 0 Å². The molecule has 0 amide bonds. The lowest BCUT2D eigenvalue weighted by molar-refractivity contribution is -0.322. The number of hydrogen-bond donors (Lipinski definition) is 0. The Hall–Kier alpha value is -0.160. The van der Waals surface area contributed by atoms with Gasteiger partial charge in [0.05, 0.1) is 19.3 Å². The number of fused-ring (bicyclic) bond motifs is 1. The summed E-state index contributed by atoms with van der Waals surface area (Å²) in [6.07, 6.45) is 5.97. The minimum absolute atomic E-state index is 0.207. The van der Waals surface area contributed by atoms with E-state index in [0.29, 0.717) is 32.5 Å². The number of hydrogen-bond acceptors (Lipinski definition) is 4. The summed E-state index contributed by atoms with van der Waals surface area (Å²) in [6, 6.07) is 0. The first-order valence-electron chi connectivity index (χ1n) is 6.86. The van der Waals surface area contributed by atoms with Crippen LogP contribution in [0.3, 0.4) is 0 Å². The molecule has 4 nitrogen and oxygen atoms in total. The van der Waals surface area contributed by atoms with Gasteiger partial charge in [0.1, 0.15) is 6.61 Å². The van der Waals surface area contributed by atoms with E-state index in [1.165, 1.54) is 12.8 Å².